The van der Waals surface area contributed by atoms with Crippen molar-refractivity contribution >= 4 is 40.5 Å². The highest BCUT2D eigenvalue weighted by Gasteiger charge is 2.22. The average molecular weight is 482 g/mol. The molecule has 6 nitrogen and oxygen atoms in total. The number of carbonyl (C=O) groups excluding carboxylic acids is 1. The number of thiophene rings is 1. The summed E-state index contributed by atoms with van der Waals surface area (Å²) in [4.78, 5) is 16.9. The van der Waals surface area contributed by atoms with Crippen molar-refractivity contribution in [1.29, 1.82) is 0 Å². The van der Waals surface area contributed by atoms with Gasteiger partial charge in [-0.1, -0.05) is 29.3 Å². The van der Waals surface area contributed by atoms with Crippen LogP contribution in [-0.2, 0) is 17.7 Å². The third-order valence-corrected chi connectivity index (χ3v) is 6.57. The molecule has 2 aromatic heterocycles. The minimum absolute atomic E-state index is 0.134. The van der Waals surface area contributed by atoms with E-state index in [1.54, 1.807) is 32.7 Å². The Bertz CT molecular complexity index is 1040. The molecule has 1 aromatic carbocycles. The topological polar surface area (TPSA) is 84.9 Å². The molecule has 0 bridgehead atoms. The first kappa shape index (κ1) is 23.3. The Morgan fingerprint density at radius 3 is 2.42 bits per heavy atom. The summed E-state index contributed by atoms with van der Waals surface area (Å²) in [7, 11) is 3.15. The van der Waals surface area contributed by atoms with Crippen LogP contribution in [0.25, 0.3) is 0 Å². The number of hydrogen-bond acceptors (Lipinski definition) is 6. The Kier molecular flexibility index (Phi) is 8.15. The van der Waals surface area contributed by atoms with Gasteiger partial charge in [0.05, 0.1) is 20.8 Å². The van der Waals surface area contributed by atoms with Gasteiger partial charge in [-0.2, -0.15) is 0 Å². The molecule has 3 rings (SSSR count). The smallest absolute Gasteiger partial charge is 0.348 e. The number of rotatable bonds is 9. The number of H-pyrrole nitrogens is 1. The zero-order chi connectivity index (χ0) is 22.4. The highest BCUT2D eigenvalue weighted by molar-refractivity contribution is 7.13. The van der Waals surface area contributed by atoms with Gasteiger partial charge in [0.1, 0.15) is 14.9 Å². The van der Waals surface area contributed by atoms with Gasteiger partial charge in [-0.05, 0) is 36.2 Å². The standard InChI is InChI=1S/C22H22Cl2N2O4S/c1-28-19-5-3-13(8-20(19)29-2)14(7-16-17(23)10-26-11-18(16)24)12-30-22(27)21-6-4-15(9-25)31-21/h3-6,8,10-11,14H,7,9,12,25H2,1-2H3/p+1/t14-/m1/s1. The molecule has 0 amide bonds. The predicted octanol–water partition coefficient (Wildman–Crippen LogP) is 4.53. The molecule has 0 unspecified atom stereocenters. The number of aromatic amines is 1. The molecule has 0 aliphatic heterocycles. The molecule has 9 heteroatoms. The van der Waals surface area contributed by atoms with Crippen molar-refractivity contribution in [3.8, 4) is 11.5 Å². The maximum absolute atomic E-state index is 12.6. The molecule has 0 aliphatic rings. The number of pyridine rings is 1. The van der Waals surface area contributed by atoms with E-state index in [-0.39, 0.29) is 12.5 Å². The van der Waals surface area contributed by atoms with Crippen molar-refractivity contribution in [2.45, 2.75) is 18.9 Å². The summed E-state index contributed by atoms with van der Waals surface area (Å²) in [6, 6.07) is 9.15. The molecule has 31 heavy (non-hydrogen) atoms. The van der Waals surface area contributed by atoms with Gasteiger partial charge in [0.2, 0.25) is 0 Å². The number of halogens is 2. The molecule has 0 radical (unpaired) electrons. The second-order valence-electron chi connectivity index (χ2n) is 6.71. The molecular weight excluding hydrogens is 459 g/mol. The Morgan fingerprint density at radius 2 is 1.81 bits per heavy atom. The first-order valence-electron chi connectivity index (χ1n) is 9.48. The molecule has 0 fully saturated rings. The van der Waals surface area contributed by atoms with E-state index in [2.05, 4.69) is 4.98 Å². The van der Waals surface area contributed by atoms with Gasteiger partial charge >= 0.3 is 5.97 Å². The molecule has 1 atom stereocenters. The van der Waals surface area contributed by atoms with E-state index in [0.29, 0.717) is 39.4 Å². The molecule has 2 heterocycles. The molecular formula is C22H23Cl2N2O4S+. The van der Waals surface area contributed by atoms with E-state index < -0.39 is 5.97 Å². The summed E-state index contributed by atoms with van der Waals surface area (Å²) in [5, 5.41) is 1.02. The number of aromatic nitrogens is 1. The third kappa shape index (κ3) is 5.68. The molecule has 0 aliphatic carbocycles. The highest BCUT2D eigenvalue weighted by atomic mass is 35.5. The summed E-state index contributed by atoms with van der Waals surface area (Å²) in [6.07, 6.45) is 3.80. The highest BCUT2D eigenvalue weighted by Crippen LogP contribution is 2.34. The first-order chi connectivity index (χ1) is 15.0. The normalized spacial score (nSPS) is 11.8. The van der Waals surface area contributed by atoms with Crippen molar-refractivity contribution < 1.29 is 24.0 Å². The van der Waals surface area contributed by atoms with Gasteiger partial charge in [-0.25, -0.2) is 9.78 Å². The van der Waals surface area contributed by atoms with E-state index in [4.69, 9.17) is 43.1 Å². The van der Waals surface area contributed by atoms with Crippen LogP contribution in [0.15, 0.2) is 42.7 Å². The SMILES string of the molecule is COc1ccc([C@@H](COC(=O)c2ccc(CN)s2)Cc2c(Cl)c[nH+]cc2Cl)cc1OC. The first-order valence-corrected chi connectivity index (χ1v) is 11.1. The second-order valence-corrected chi connectivity index (χ2v) is 8.70. The number of ether oxygens (including phenoxy) is 3. The summed E-state index contributed by atoms with van der Waals surface area (Å²) >= 11 is 14.1. The van der Waals surface area contributed by atoms with E-state index in [0.717, 1.165) is 16.0 Å². The minimum Gasteiger partial charge on any atom is -0.493 e. The number of esters is 1. The van der Waals surface area contributed by atoms with Crippen LogP contribution in [0.2, 0.25) is 10.0 Å². The van der Waals surface area contributed by atoms with E-state index in [1.807, 2.05) is 24.3 Å². The molecule has 164 valence electrons. The summed E-state index contributed by atoms with van der Waals surface area (Å²) < 4.78 is 16.4. The van der Waals surface area contributed by atoms with E-state index in [9.17, 15) is 4.79 Å². The second kappa shape index (κ2) is 10.8. The molecule has 3 N–H and O–H groups in total. The lowest BCUT2D eigenvalue weighted by Gasteiger charge is -2.20. The van der Waals surface area contributed by atoms with Crippen LogP contribution in [0, 0.1) is 0 Å². The quantitative estimate of drug-likeness (QED) is 0.453. The lowest BCUT2D eigenvalue weighted by atomic mass is 9.92. The fraction of sp³-hybridized carbons (Fsp3) is 0.273. The van der Waals surface area contributed by atoms with Gasteiger partial charge < -0.3 is 19.9 Å². The lowest BCUT2D eigenvalue weighted by Crippen LogP contribution is -2.16. The van der Waals surface area contributed by atoms with Crippen LogP contribution >= 0.6 is 34.5 Å². The number of carbonyl (C=O) groups is 1. The summed E-state index contributed by atoms with van der Waals surface area (Å²) in [5.41, 5.74) is 7.30. The predicted molar refractivity (Wildman–Crippen MR) is 122 cm³/mol. The number of hydrogen-bond donors (Lipinski definition) is 1. The molecule has 3 aromatic rings. The van der Waals surface area contributed by atoms with Crippen molar-refractivity contribution in [1.82, 2.24) is 0 Å². The number of benzene rings is 1. The third-order valence-electron chi connectivity index (χ3n) is 4.81. The Balaban J connectivity index is 1.87. The summed E-state index contributed by atoms with van der Waals surface area (Å²) in [5.74, 6) is 0.588. The minimum atomic E-state index is -0.395. The average Bonchev–Trinajstić information content (AvgIpc) is 3.27. The van der Waals surface area contributed by atoms with Gasteiger partial charge in [0.25, 0.3) is 0 Å². The van der Waals surface area contributed by atoms with Gasteiger partial charge in [0, 0.05) is 22.9 Å². The van der Waals surface area contributed by atoms with Crippen molar-refractivity contribution in [2.24, 2.45) is 5.73 Å². The largest absolute Gasteiger partial charge is 0.493 e. The van der Waals surface area contributed by atoms with E-state index >= 15 is 0 Å². The monoisotopic (exact) mass is 481 g/mol. The number of methoxy groups -OCH3 is 2. The fourth-order valence-corrected chi connectivity index (χ4v) is 4.45. The number of nitrogens with one attached hydrogen (secondary N) is 1. The van der Waals surface area contributed by atoms with Crippen LogP contribution in [0.4, 0.5) is 0 Å². The molecule has 0 spiro atoms. The van der Waals surface area contributed by atoms with Crippen LogP contribution in [-0.4, -0.2) is 26.8 Å². The Hall–Kier alpha value is -2.32. The van der Waals surface area contributed by atoms with Crippen LogP contribution < -0.4 is 20.2 Å². The van der Waals surface area contributed by atoms with E-state index in [1.165, 1.54) is 11.3 Å². The summed E-state index contributed by atoms with van der Waals surface area (Å²) in [6.45, 7) is 0.518. The van der Waals surface area contributed by atoms with Crippen molar-refractivity contribution in [2.75, 3.05) is 20.8 Å². The number of nitrogens with two attached hydrogens (primary N) is 1. The molecule has 0 saturated heterocycles. The lowest BCUT2D eigenvalue weighted by molar-refractivity contribution is -0.377. The van der Waals surface area contributed by atoms with Crippen LogP contribution in [0.3, 0.4) is 0 Å². The fourth-order valence-electron chi connectivity index (χ4n) is 3.14. The Morgan fingerprint density at radius 1 is 1.10 bits per heavy atom. The van der Waals surface area contributed by atoms with Gasteiger partial charge in [-0.15, -0.1) is 11.3 Å². The van der Waals surface area contributed by atoms with Crippen molar-refractivity contribution in [3.63, 3.8) is 0 Å². The molecule has 0 saturated carbocycles. The van der Waals surface area contributed by atoms with Crippen LogP contribution in [0.5, 0.6) is 11.5 Å². The van der Waals surface area contributed by atoms with Gasteiger partial charge in [0.15, 0.2) is 23.9 Å². The Labute approximate surface area is 194 Å². The zero-order valence-electron chi connectivity index (χ0n) is 17.1. The van der Waals surface area contributed by atoms with Crippen LogP contribution in [0.1, 0.15) is 31.6 Å². The van der Waals surface area contributed by atoms with Gasteiger partial charge in [-0.3, -0.25) is 0 Å². The zero-order valence-corrected chi connectivity index (χ0v) is 19.4. The van der Waals surface area contributed by atoms with Crippen molar-refractivity contribution in [3.05, 3.63) is 73.7 Å². The maximum atomic E-state index is 12.6. The maximum Gasteiger partial charge on any atom is 0.348 e.